The lowest BCUT2D eigenvalue weighted by molar-refractivity contribution is 0.388. The fourth-order valence-corrected chi connectivity index (χ4v) is 1.87. The molecular weight excluding hydrogens is 214 g/mol. The second-order valence-electron chi connectivity index (χ2n) is 5.08. The van der Waals surface area contributed by atoms with Gasteiger partial charge in [-0.3, -0.25) is 4.98 Å². The number of rotatable bonds is 3. The Kier molecular flexibility index (Phi) is 2.24. The first-order chi connectivity index (χ1) is 8.18. The Bertz CT molecular complexity index is 514. The van der Waals surface area contributed by atoms with E-state index in [1.165, 1.54) is 12.8 Å². The van der Waals surface area contributed by atoms with E-state index in [1.807, 2.05) is 12.1 Å². The zero-order valence-electron chi connectivity index (χ0n) is 10.1. The molecule has 0 radical (unpaired) electrons. The van der Waals surface area contributed by atoms with Gasteiger partial charge in [0.2, 0.25) is 11.8 Å². The van der Waals surface area contributed by atoms with Crippen molar-refractivity contribution in [3.63, 3.8) is 0 Å². The summed E-state index contributed by atoms with van der Waals surface area (Å²) in [6.45, 7) is 4.18. The minimum atomic E-state index is -0.261. The van der Waals surface area contributed by atoms with Crippen LogP contribution in [0.1, 0.15) is 50.0 Å². The Morgan fingerprint density at radius 1 is 1.18 bits per heavy atom. The number of hydrogen-bond acceptors (Lipinski definition) is 4. The number of hydrogen-bond donors (Lipinski definition) is 0. The first-order valence-electron chi connectivity index (χ1n) is 5.92. The Morgan fingerprint density at radius 3 is 2.53 bits per heavy atom. The van der Waals surface area contributed by atoms with Gasteiger partial charge in [0.25, 0.3) is 0 Å². The van der Waals surface area contributed by atoms with E-state index in [9.17, 15) is 0 Å². The first kappa shape index (κ1) is 10.4. The average molecular weight is 229 g/mol. The van der Waals surface area contributed by atoms with E-state index in [1.54, 1.807) is 12.4 Å². The average Bonchev–Trinajstić information content (AvgIpc) is 3.08. The van der Waals surface area contributed by atoms with Gasteiger partial charge in [-0.2, -0.15) is 0 Å². The molecule has 0 aliphatic heterocycles. The molecule has 2 aromatic heterocycles. The molecule has 1 aliphatic rings. The van der Waals surface area contributed by atoms with Gasteiger partial charge in [-0.15, -0.1) is 10.2 Å². The van der Waals surface area contributed by atoms with E-state index >= 15 is 0 Å². The van der Waals surface area contributed by atoms with Crippen LogP contribution in [-0.4, -0.2) is 15.2 Å². The van der Waals surface area contributed by atoms with Crippen LogP contribution in [0.3, 0.4) is 0 Å². The quantitative estimate of drug-likeness (QED) is 0.812. The van der Waals surface area contributed by atoms with Crippen molar-refractivity contribution in [2.45, 2.75) is 38.0 Å². The van der Waals surface area contributed by atoms with Crippen LogP contribution in [0.2, 0.25) is 0 Å². The maximum absolute atomic E-state index is 5.78. The SMILES string of the molecule is CC(C)(c1ccncc1)c1nnc(C2CC2)o1. The largest absolute Gasteiger partial charge is 0.424 e. The molecular formula is C13H15N3O. The Hall–Kier alpha value is -1.71. The lowest BCUT2D eigenvalue weighted by Crippen LogP contribution is -2.19. The second-order valence-corrected chi connectivity index (χ2v) is 5.08. The Labute approximate surface area is 100 Å². The third-order valence-corrected chi connectivity index (χ3v) is 3.30. The van der Waals surface area contributed by atoms with E-state index in [4.69, 9.17) is 4.42 Å². The molecule has 88 valence electrons. The zero-order chi connectivity index (χ0) is 11.9. The molecule has 17 heavy (non-hydrogen) atoms. The maximum Gasteiger partial charge on any atom is 0.226 e. The van der Waals surface area contributed by atoms with Gasteiger partial charge >= 0.3 is 0 Å². The van der Waals surface area contributed by atoms with E-state index in [-0.39, 0.29) is 5.41 Å². The van der Waals surface area contributed by atoms with Gasteiger partial charge < -0.3 is 4.42 Å². The highest BCUT2D eigenvalue weighted by Crippen LogP contribution is 2.40. The monoisotopic (exact) mass is 229 g/mol. The van der Waals surface area contributed by atoms with Gasteiger partial charge in [-0.1, -0.05) is 0 Å². The summed E-state index contributed by atoms with van der Waals surface area (Å²) in [4.78, 5) is 4.03. The first-order valence-corrected chi connectivity index (χ1v) is 5.92. The van der Waals surface area contributed by atoms with Gasteiger partial charge in [0.05, 0.1) is 5.41 Å². The van der Waals surface area contributed by atoms with Crippen LogP contribution >= 0.6 is 0 Å². The highest BCUT2D eigenvalue weighted by Gasteiger charge is 2.34. The van der Waals surface area contributed by atoms with Crippen LogP contribution in [0.15, 0.2) is 28.9 Å². The summed E-state index contributed by atoms with van der Waals surface area (Å²) in [7, 11) is 0. The van der Waals surface area contributed by atoms with E-state index in [0.29, 0.717) is 11.8 Å². The predicted octanol–water partition coefficient (Wildman–Crippen LogP) is 2.67. The van der Waals surface area contributed by atoms with Crippen molar-refractivity contribution in [3.8, 4) is 0 Å². The van der Waals surface area contributed by atoms with E-state index < -0.39 is 0 Å². The molecule has 4 nitrogen and oxygen atoms in total. The minimum Gasteiger partial charge on any atom is -0.424 e. The highest BCUT2D eigenvalue weighted by atomic mass is 16.4. The summed E-state index contributed by atoms with van der Waals surface area (Å²) in [5.74, 6) is 1.98. The summed E-state index contributed by atoms with van der Waals surface area (Å²) in [6, 6.07) is 3.97. The maximum atomic E-state index is 5.78. The fraction of sp³-hybridized carbons (Fsp3) is 0.462. The summed E-state index contributed by atoms with van der Waals surface area (Å²) < 4.78 is 5.78. The molecule has 1 aliphatic carbocycles. The van der Waals surface area contributed by atoms with Crippen molar-refractivity contribution in [3.05, 3.63) is 41.9 Å². The van der Waals surface area contributed by atoms with Crippen molar-refractivity contribution >= 4 is 0 Å². The third kappa shape index (κ3) is 1.84. The van der Waals surface area contributed by atoms with Gasteiger partial charge in [0, 0.05) is 18.3 Å². The molecule has 0 atom stereocenters. The van der Waals surface area contributed by atoms with Crippen LogP contribution in [0, 0.1) is 0 Å². The molecule has 2 aromatic rings. The summed E-state index contributed by atoms with van der Waals surface area (Å²) in [5.41, 5.74) is 0.877. The van der Waals surface area contributed by atoms with Gasteiger partial charge in [-0.25, -0.2) is 0 Å². The van der Waals surface area contributed by atoms with Crippen molar-refractivity contribution in [1.82, 2.24) is 15.2 Å². The van der Waals surface area contributed by atoms with Crippen LogP contribution in [0.25, 0.3) is 0 Å². The molecule has 0 amide bonds. The molecule has 4 heteroatoms. The van der Waals surface area contributed by atoms with Crippen LogP contribution in [-0.2, 0) is 5.41 Å². The molecule has 2 heterocycles. The van der Waals surface area contributed by atoms with Crippen LogP contribution in [0.4, 0.5) is 0 Å². The van der Waals surface area contributed by atoms with Crippen molar-refractivity contribution in [1.29, 1.82) is 0 Å². The zero-order valence-corrected chi connectivity index (χ0v) is 10.1. The van der Waals surface area contributed by atoms with Crippen LogP contribution < -0.4 is 0 Å². The Morgan fingerprint density at radius 2 is 1.88 bits per heavy atom. The third-order valence-electron chi connectivity index (χ3n) is 3.30. The van der Waals surface area contributed by atoms with E-state index in [0.717, 1.165) is 11.5 Å². The minimum absolute atomic E-state index is 0.261. The van der Waals surface area contributed by atoms with Crippen LogP contribution in [0.5, 0.6) is 0 Å². The highest BCUT2D eigenvalue weighted by molar-refractivity contribution is 5.27. The lowest BCUT2D eigenvalue weighted by atomic mass is 9.85. The molecule has 3 rings (SSSR count). The van der Waals surface area contributed by atoms with Crippen molar-refractivity contribution in [2.24, 2.45) is 0 Å². The van der Waals surface area contributed by atoms with Gasteiger partial charge in [0.15, 0.2) is 0 Å². The molecule has 0 bridgehead atoms. The van der Waals surface area contributed by atoms with Gasteiger partial charge in [-0.05, 0) is 44.4 Å². The lowest BCUT2D eigenvalue weighted by Gasteiger charge is -2.20. The predicted molar refractivity (Wildman–Crippen MR) is 62.6 cm³/mol. The standard InChI is InChI=1S/C13H15N3O/c1-13(2,10-5-7-14-8-6-10)12-16-15-11(17-12)9-3-4-9/h5-9H,3-4H2,1-2H3. The Balaban J connectivity index is 1.95. The number of aromatic nitrogens is 3. The summed E-state index contributed by atoms with van der Waals surface area (Å²) >= 11 is 0. The number of nitrogens with zero attached hydrogens (tertiary/aromatic N) is 3. The van der Waals surface area contributed by atoms with Crippen molar-refractivity contribution in [2.75, 3.05) is 0 Å². The second kappa shape index (κ2) is 3.65. The van der Waals surface area contributed by atoms with Gasteiger partial charge in [0.1, 0.15) is 0 Å². The summed E-state index contributed by atoms with van der Waals surface area (Å²) in [5, 5.41) is 8.33. The summed E-state index contributed by atoms with van der Waals surface area (Å²) in [6.07, 6.45) is 5.93. The topological polar surface area (TPSA) is 51.8 Å². The molecule has 0 unspecified atom stereocenters. The molecule has 0 spiro atoms. The normalized spacial score (nSPS) is 16.1. The number of pyridine rings is 1. The molecule has 0 aromatic carbocycles. The smallest absolute Gasteiger partial charge is 0.226 e. The molecule has 0 saturated heterocycles. The molecule has 1 saturated carbocycles. The fourth-order valence-electron chi connectivity index (χ4n) is 1.87. The van der Waals surface area contributed by atoms with Crippen molar-refractivity contribution < 1.29 is 4.42 Å². The molecule has 1 fully saturated rings. The van der Waals surface area contributed by atoms with E-state index in [2.05, 4.69) is 29.0 Å². The molecule has 0 N–H and O–H groups in total.